The van der Waals surface area contributed by atoms with Crippen LogP contribution in [-0.4, -0.2) is 24.1 Å². The smallest absolute Gasteiger partial charge is 0.147 e. The largest absolute Gasteiger partial charge is 0.351 e. The van der Waals surface area contributed by atoms with E-state index in [-0.39, 0.29) is 0 Å². The molecule has 1 aromatic heterocycles. The van der Waals surface area contributed by atoms with Gasteiger partial charge in [0, 0.05) is 25.3 Å². The van der Waals surface area contributed by atoms with E-state index in [2.05, 4.69) is 9.88 Å². The molecule has 0 atom stereocenters. The van der Waals surface area contributed by atoms with Gasteiger partial charge in [0.15, 0.2) is 0 Å². The van der Waals surface area contributed by atoms with Crippen LogP contribution in [-0.2, 0) is 0 Å². The van der Waals surface area contributed by atoms with Crippen LogP contribution < -0.4 is 10.6 Å². The highest BCUT2D eigenvalue weighted by Crippen LogP contribution is 2.34. The van der Waals surface area contributed by atoms with Gasteiger partial charge in [0.05, 0.1) is 10.0 Å². The van der Waals surface area contributed by atoms with Crippen molar-refractivity contribution in [2.75, 3.05) is 18.0 Å². The van der Waals surface area contributed by atoms with E-state index in [0.717, 1.165) is 12.4 Å². The van der Waals surface area contributed by atoms with Crippen LogP contribution in [0.25, 0.3) is 0 Å². The average Bonchev–Trinajstić information content (AvgIpc) is 2.98. The minimum Gasteiger partial charge on any atom is -0.351 e. The second-order valence-electron chi connectivity index (χ2n) is 3.67. The summed E-state index contributed by atoms with van der Waals surface area (Å²) in [7, 11) is 0. The highest BCUT2D eigenvalue weighted by atomic mass is 35.5. The van der Waals surface area contributed by atoms with Crippen LogP contribution in [0.15, 0.2) is 12.3 Å². The second kappa shape index (κ2) is 4.56. The molecule has 3 nitrogen and oxygen atoms in total. The predicted octanol–water partition coefficient (Wildman–Crippen LogP) is 2.32. The molecule has 0 saturated heterocycles. The zero-order chi connectivity index (χ0) is 10.8. The van der Waals surface area contributed by atoms with E-state index in [1.165, 1.54) is 12.8 Å². The Bertz CT molecular complexity index is 353. The number of anilines is 1. The van der Waals surface area contributed by atoms with Gasteiger partial charge in [0.25, 0.3) is 0 Å². The van der Waals surface area contributed by atoms with Crippen molar-refractivity contribution >= 4 is 29.0 Å². The topological polar surface area (TPSA) is 42.1 Å². The summed E-state index contributed by atoms with van der Waals surface area (Å²) >= 11 is 11.9. The Labute approximate surface area is 99.2 Å². The number of pyridine rings is 1. The van der Waals surface area contributed by atoms with Crippen molar-refractivity contribution < 1.29 is 0 Å². The molecule has 82 valence electrons. The average molecular weight is 246 g/mol. The molecule has 0 unspecified atom stereocenters. The number of halogens is 2. The molecule has 0 aromatic carbocycles. The second-order valence-corrected chi connectivity index (χ2v) is 4.52. The van der Waals surface area contributed by atoms with Crippen LogP contribution in [0.1, 0.15) is 12.8 Å². The van der Waals surface area contributed by atoms with Crippen LogP contribution in [0.2, 0.25) is 10.0 Å². The summed E-state index contributed by atoms with van der Waals surface area (Å²) in [5.74, 6) is 0.800. The molecule has 0 bridgehead atoms. The number of hydrogen-bond donors (Lipinski definition) is 1. The molecule has 0 radical (unpaired) electrons. The molecule has 0 amide bonds. The fourth-order valence-corrected chi connectivity index (χ4v) is 2.09. The number of nitrogens with two attached hydrogens (primary N) is 1. The van der Waals surface area contributed by atoms with E-state index in [0.29, 0.717) is 22.6 Å². The van der Waals surface area contributed by atoms with Crippen LogP contribution in [0.5, 0.6) is 0 Å². The van der Waals surface area contributed by atoms with Gasteiger partial charge in [-0.25, -0.2) is 4.98 Å². The lowest BCUT2D eigenvalue weighted by molar-refractivity contribution is 0.771. The van der Waals surface area contributed by atoms with Crippen molar-refractivity contribution in [2.45, 2.75) is 18.9 Å². The molecule has 1 fully saturated rings. The molecule has 2 N–H and O–H groups in total. The summed E-state index contributed by atoms with van der Waals surface area (Å²) in [6.07, 6.45) is 4.01. The first-order chi connectivity index (χ1) is 7.22. The Morgan fingerprint density at radius 2 is 2.20 bits per heavy atom. The van der Waals surface area contributed by atoms with Crippen LogP contribution in [0.4, 0.5) is 5.82 Å². The van der Waals surface area contributed by atoms with Crippen molar-refractivity contribution in [1.29, 1.82) is 0 Å². The van der Waals surface area contributed by atoms with Gasteiger partial charge in [-0.2, -0.15) is 0 Å². The maximum atomic E-state index is 6.10. The maximum Gasteiger partial charge on any atom is 0.147 e. The highest BCUT2D eigenvalue weighted by Gasteiger charge is 2.30. The Balaban J connectivity index is 2.24. The summed E-state index contributed by atoms with van der Waals surface area (Å²) in [5.41, 5.74) is 5.57. The third-order valence-electron chi connectivity index (χ3n) is 2.42. The van der Waals surface area contributed by atoms with Crippen LogP contribution in [0, 0.1) is 0 Å². The standard InChI is InChI=1S/C10H13Cl2N3/c11-7-5-9(12)10(14-6-7)15(4-3-13)8-1-2-8/h5-6,8H,1-4,13H2. The van der Waals surface area contributed by atoms with E-state index in [4.69, 9.17) is 28.9 Å². The third kappa shape index (κ3) is 2.54. The molecule has 1 aliphatic carbocycles. The van der Waals surface area contributed by atoms with E-state index in [1.807, 2.05) is 0 Å². The fourth-order valence-electron chi connectivity index (χ4n) is 1.61. The first-order valence-electron chi connectivity index (χ1n) is 5.00. The van der Waals surface area contributed by atoms with Crippen molar-refractivity contribution in [3.63, 3.8) is 0 Å². The lowest BCUT2D eigenvalue weighted by atomic mass is 10.4. The van der Waals surface area contributed by atoms with Crippen LogP contribution in [0.3, 0.4) is 0 Å². The van der Waals surface area contributed by atoms with Gasteiger partial charge in [-0.3, -0.25) is 0 Å². The highest BCUT2D eigenvalue weighted by molar-refractivity contribution is 6.36. The summed E-state index contributed by atoms with van der Waals surface area (Å²) in [5, 5.41) is 1.16. The van der Waals surface area contributed by atoms with Gasteiger partial charge in [0.2, 0.25) is 0 Å². The normalized spacial score (nSPS) is 15.4. The molecular weight excluding hydrogens is 233 g/mol. The number of rotatable bonds is 4. The molecule has 0 spiro atoms. The lowest BCUT2D eigenvalue weighted by Crippen LogP contribution is -2.32. The Kier molecular flexibility index (Phi) is 3.34. The van der Waals surface area contributed by atoms with Crippen molar-refractivity contribution in [3.05, 3.63) is 22.3 Å². The quantitative estimate of drug-likeness (QED) is 0.886. The molecular formula is C10H13Cl2N3. The molecule has 15 heavy (non-hydrogen) atoms. The number of hydrogen-bond acceptors (Lipinski definition) is 3. The Morgan fingerprint density at radius 3 is 2.73 bits per heavy atom. The van der Waals surface area contributed by atoms with Gasteiger partial charge in [0.1, 0.15) is 5.82 Å². The minimum absolute atomic E-state index is 0.555. The molecule has 0 aliphatic heterocycles. The molecule has 1 saturated carbocycles. The van der Waals surface area contributed by atoms with E-state index in [1.54, 1.807) is 12.3 Å². The Morgan fingerprint density at radius 1 is 1.47 bits per heavy atom. The number of aromatic nitrogens is 1. The third-order valence-corrected chi connectivity index (χ3v) is 2.90. The summed E-state index contributed by atoms with van der Waals surface area (Å²) in [4.78, 5) is 6.43. The summed E-state index contributed by atoms with van der Waals surface area (Å²) in [6.45, 7) is 1.40. The molecule has 2 rings (SSSR count). The maximum absolute atomic E-state index is 6.10. The van der Waals surface area contributed by atoms with Gasteiger partial charge in [-0.1, -0.05) is 23.2 Å². The zero-order valence-corrected chi connectivity index (χ0v) is 9.80. The van der Waals surface area contributed by atoms with Gasteiger partial charge >= 0.3 is 0 Å². The van der Waals surface area contributed by atoms with Crippen LogP contribution >= 0.6 is 23.2 Å². The van der Waals surface area contributed by atoms with Gasteiger partial charge in [-0.05, 0) is 18.9 Å². The van der Waals surface area contributed by atoms with Gasteiger partial charge in [-0.15, -0.1) is 0 Å². The zero-order valence-electron chi connectivity index (χ0n) is 8.29. The Hall–Kier alpha value is -0.510. The summed E-state index contributed by atoms with van der Waals surface area (Å²) in [6, 6.07) is 2.27. The summed E-state index contributed by atoms with van der Waals surface area (Å²) < 4.78 is 0. The molecule has 1 heterocycles. The van der Waals surface area contributed by atoms with E-state index < -0.39 is 0 Å². The van der Waals surface area contributed by atoms with Gasteiger partial charge < -0.3 is 10.6 Å². The van der Waals surface area contributed by atoms with Crippen molar-refractivity contribution in [1.82, 2.24) is 4.98 Å². The number of nitrogens with zero attached hydrogens (tertiary/aromatic N) is 2. The minimum atomic E-state index is 0.555. The molecule has 5 heteroatoms. The first kappa shape index (κ1) is 11.0. The fraction of sp³-hybridized carbons (Fsp3) is 0.500. The SMILES string of the molecule is NCCN(c1ncc(Cl)cc1Cl)C1CC1. The van der Waals surface area contributed by atoms with E-state index >= 15 is 0 Å². The molecule has 1 aromatic rings. The lowest BCUT2D eigenvalue weighted by Gasteiger charge is -2.23. The predicted molar refractivity (Wildman–Crippen MR) is 63.7 cm³/mol. The van der Waals surface area contributed by atoms with Crippen molar-refractivity contribution in [3.8, 4) is 0 Å². The monoisotopic (exact) mass is 245 g/mol. The van der Waals surface area contributed by atoms with Crippen molar-refractivity contribution in [2.24, 2.45) is 5.73 Å². The first-order valence-corrected chi connectivity index (χ1v) is 5.75. The van der Waals surface area contributed by atoms with E-state index in [9.17, 15) is 0 Å². The molecule has 1 aliphatic rings.